The van der Waals surface area contributed by atoms with Crippen LogP contribution in [0.4, 0.5) is 11.4 Å². The van der Waals surface area contributed by atoms with Crippen LogP contribution in [0.1, 0.15) is 37.6 Å². The minimum absolute atomic E-state index is 0.0311. The molecule has 0 aliphatic carbocycles. The first-order valence-electron chi connectivity index (χ1n) is 11.3. The van der Waals surface area contributed by atoms with Gasteiger partial charge in [-0.2, -0.15) is 0 Å². The molecule has 2 N–H and O–H groups in total. The maximum atomic E-state index is 12.8. The van der Waals surface area contributed by atoms with Gasteiger partial charge < -0.3 is 15.4 Å². The normalized spacial score (nSPS) is 17.2. The molecular weight excluding hydrogens is 404 g/mol. The summed E-state index contributed by atoms with van der Waals surface area (Å²) in [6, 6.07) is 14.5. The maximum absolute atomic E-state index is 12.8. The van der Waals surface area contributed by atoms with Crippen molar-refractivity contribution in [2.24, 2.45) is 0 Å². The number of likely N-dealkylation sites (N-methyl/N-ethyl adjacent to an activating group) is 1. The molecule has 2 aromatic carbocycles. The minimum atomic E-state index is -0.236. The number of hydrogen-bond donors (Lipinski definition) is 2. The Morgan fingerprint density at radius 1 is 1.09 bits per heavy atom. The van der Waals surface area contributed by atoms with Crippen LogP contribution >= 0.6 is 0 Å². The number of para-hydroxylation sites is 2. The molecule has 0 saturated carbocycles. The first-order chi connectivity index (χ1) is 15.5. The summed E-state index contributed by atoms with van der Waals surface area (Å²) in [6.45, 7) is 10.2. The first kappa shape index (κ1) is 23.8. The molecule has 1 fully saturated rings. The number of methoxy groups -OCH3 is 1. The monoisotopic (exact) mass is 438 g/mol. The average molecular weight is 439 g/mol. The van der Waals surface area contributed by atoms with Crippen molar-refractivity contribution in [3.63, 3.8) is 0 Å². The second-order valence-corrected chi connectivity index (χ2v) is 8.06. The highest BCUT2D eigenvalue weighted by Gasteiger charge is 2.31. The molecule has 172 valence electrons. The summed E-state index contributed by atoms with van der Waals surface area (Å²) in [6.07, 6.45) is 1.09. The summed E-state index contributed by atoms with van der Waals surface area (Å²) in [5.41, 5.74) is 1.79. The molecule has 7 heteroatoms. The number of nitrogens with zero attached hydrogens (tertiary/aromatic N) is 2. The van der Waals surface area contributed by atoms with E-state index in [0.717, 1.165) is 32.6 Å². The van der Waals surface area contributed by atoms with E-state index in [9.17, 15) is 9.59 Å². The summed E-state index contributed by atoms with van der Waals surface area (Å²) >= 11 is 0. The van der Waals surface area contributed by atoms with Crippen LogP contribution in [0, 0.1) is 0 Å². The fourth-order valence-corrected chi connectivity index (χ4v) is 4.22. The van der Waals surface area contributed by atoms with Crippen molar-refractivity contribution in [3.05, 3.63) is 54.1 Å². The standard InChI is InChI=1S/C25H34N4O3/c1-5-28(6-2)21-15-16-29(17-21)18(3)24(30)26-20-13-11-19(12-14-20)25(31)27-22-9-7-8-10-23(22)32-4/h7-14,18,21H,5-6,15-17H2,1-4H3,(H,26,30)(H,27,31)/t18-,21-/m0/s1. The third kappa shape index (κ3) is 5.66. The molecule has 1 aliphatic heterocycles. The number of carbonyl (C=O) groups is 2. The molecule has 7 nitrogen and oxygen atoms in total. The van der Waals surface area contributed by atoms with Gasteiger partial charge in [0.1, 0.15) is 5.75 Å². The number of amides is 2. The van der Waals surface area contributed by atoms with E-state index in [1.54, 1.807) is 43.5 Å². The number of anilines is 2. The number of nitrogens with one attached hydrogen (secondary N) is 2. The van der Waals surface area contributed by atoms with Gasteiger partial charge in [0.05, 0.1) is 18.8 Å². The van der Waals surface area contributed by atoms with Crippen molar-refractivity contribution in [3.8, 4) is 5.75 Å². The van der Waals surface area contributed by atoms with Gasteiger partial charge in [-0.15, -0.1) is 0 Å². The molecule has 0 aromatic heterocycles. The van der Waals surface area contributed by atoms with Crippen LogP contribution in [-0.4, -0.2) is 67.0 Å². The Morgan fingerprint density at radius 2 is 1.78 bits per heavy atom. The van der Waals surface area contributed by atoms with Gasteiger partial charge in [-0.25, -0.2) is 0 Å². The van der Waals surface area contributed by atoms with Crippen LogP contribution in [-0.2, 0) is 4.79 Å². The zero-order valence-corrected chi connectivity index (χ0v) is 19.4. The molecule has 0 bridgehead atoms. The Morgan fingerprint density at radius 3 is 2.44 bits per heavy atom. The Bertz CT molecular complexity index is 912. The number of ether oxygens (including phenoxy) is 1. The summed E-state index contributed by atoms with van der Waals surface area (Å²) in [5, 5.41) is 5.83. The van der Waals surface area contributed by atoms with Gasteiger partial charge >= 0.3 is 0 Å². The van der Waals surface area contributed by atoms with Gasteiger partial charge in [0, 0.05) is 30.4 Å². The number of hydrogen-bond acceptors (Lipinski definition) is 5. The van der Waals surface area contributed by atoms with Crippen molar-refractivity contribution in [1.82, 2.24) is 9.80 Å². The second-order valence-electron chi connectivity index (χ2n) is 8.06. The lowest BCUT2D eigenvalue weighted by atomic mass is 10.1. The molecule has 1 aliphatic rings. The van der Waals surface area contributed by atoms with E-state index in [1.807, 2.05) is 19.1 Å². The predicted molar refractivity (Wildman–Crippen MR) is 128 cm³/mol. The van der Waals surface area contributed by atoms with Gasteiger partial charge in [-0.05, 0) is 62.8 Å². The first-order valence-corrected chi connectivity index (χ1v) is 11.3. The predicted octanol–water partition coefficient (Wildman–Crippen LogP) is 3.69. The van der Waals surface area contributed by atoms with Crippen LogP contribution in [0.25, 0.3) is 0 Å². The molecule has 1 heterocycles. The number of benzene rings is 2. The van der Waals surface area contributed by atoms with Gasteiger partial charge in [0.15, 0.2) is 0 Å². The number of carbonyl (C=O) groups excluding carboxylic acids is 2. The molecular formula is C25H34N4O3. The van der Waals surface area contributed by atoms with Crippen LogP contribution in [0.5, 0.6) is 5.75 Å². The van der Waals surface area contributed by atoms with E-state index >= 15 is 0 Å². The zero-order valence-electron chi connectivity index (χ0n) is 19.4. The van der Waals surface area contributed by atoms with Crippen molar-refractivity contribution in [2.45, 2.75) is 39.3 Å². The lowest BCUT2D eigenvalue weighted by Gasteiger charge is -2.28. The molecule has 0 radical (unpaired) electrons. The Hall–Kier alpha value is -2.90. The molecule has 3 rings (SSSR count). The lowest BCUT2D eigenvalue weighted by molar-refractivity contribution is -0.120. The van der Waals surface area contributed by atoms with Crippen LogP contribution in [0.15, 0.2) is 48.5 Å². The fourth-order valence-electron chi connectivity index (χ4n) is 4.22. The molecule has 32 heavy (non-hydrogen) atoms. The number of likely N-dealkylation sites (tertiary alicyclic amines) is 1. The highest BCUT2D eigenvalue weighted by Crippen LogP contribution is 2.24. The molecule has 2 aromatic rings. The molecule has 0 unspecified atom stereocenters. The van der Waals surface area contributed by atoms with E-state index in [-0.39, 0.29) is 17.9 Å². The smallest absolute Gasteiger partial charge is 0.255 e. The fraction of sp³-hybridized carbons (Fsp3) is 0.440. The molecule has 2 atom stereocenters. The van der Waals surface area contributed by atoms with Gasteiger partial charge in [0.2, 0.25) is 5.91 Å². The van der Waals surface area contributed by atoms with E-state index in [1.165, 1.54) is 0 Å². The SMILES string of the molecule is CCN(CC)[C@H]1CCN([C@@H](C)C(=O)Nc2ccc(C(=O)Nc3ccccc3OC)cc2)C1. The van der Waals surface area contributed by atoms with E-state index in [0.29, 0.717) is 28.7 Å². The highest BCUT2D eigenvalue weighted by atomic mass is 16.5. The van der Waals surface area contributed by atoms with Crippen molar-refractivity contribution in [2.75, 3.05) is 43.9 Å². The molecule has 1 saturated heterocycles. The largest absolute Gasteiger partial charge is 0.495 e. The summed E-state index contributed by atoms with van der Waals surface area (Å²) in [4.78, 5) is 30.1. The minimum Gasteiger partial charge on any atom is -0.495 e. The van der Waals surface area contributed by atoms with E-state index in [2.05, 4.69) is 34.3 Å². The lowest BCUT2D eigenvalue weighted by Crippen LogP contribution is -2.43. The third-order valence-electron chi connectivity index (χ3n) is 6.22. The van der Waals surface area contributed by atoms with Crippen LogP contribution in [0.2, 0.25) is 0 Å². The van der Waals surface area contributed by atoms with Crippen LogP contribution in [0.3, 0.4) is 0 Å². The summed E-state index contributed by atoms with van der Waals surface area (Å²) in [5.74, 6) is 0.334. The number of rotatable bonds is 9. The summed E-state index contributed by atoms with van der Waals surface area (Å²) in [7, 11) is 1.56. The molecule has 0 spiro atoms. The van der Waals surface area contributed by atoms with Crippen molar-refractivity contribution < 1.29 is 14.3 Å². The van der Waals surface area contributed by atoms with E-state index < -0.39 is 0 Å². The third-order valence-corrected chi connectivity index (χ3v) is 6.22. The maximum Gasteiger partial charge on any atom is 0.255 e. The Kier molecular flexibility index (Phi) is 8.25. The summed E-state index contributed by atoms with van der Waals surface area (Å²) < 4.78 is 5.27. The van der Waals surface area contributed by atoms with Crippen LogP contribution < -0.4 is 15.4 Å². The van der Waals surface area contributed by atoms with Gasteiger partial charge in [-0.1, -0.05) is 26.0 Å². The van der Waals surface area contributed by atoms with Gasteiger partial charge in [-0.3, -0.25) is 19.4 Å². The Balaban J connectivity index is 1.56. The van der Waals surface area contributed by atoms with Crippen molar-refractivity contribution >= 4 is 23.2 Å². The molecule has 2 amide bonds. The average Bonchev–Trinajstić information content (AvgIpc) is 3.30. The zero-order chi connectivity index (χ0) is 23.1. The highest BCUT2D eigenvalue weighted by molar-refractivity contribution is 6.05. The van der Waals surface area contributed by atoms with E-state index in [4.69, 9.17) is 4.74 Å². The second kappa shape index (κ2) is 11.1. The quantitative estimate of drug-likeness (QED) is 0.625. The topological polar surface area (TPSA) is 73.9 Å². The van der Waals surface area contributed by atoms with Gasteiger partial charge in [0.25, 0.3) is 5.91 Å². The van der Waals surface area contributed by atoms with Crippen molar-refractivity contribution in [1.29, 1.82) is 0 Å². The Labute approximate surface area is 190 Å².